The Morgan fingerprint density at radius 3 is 2.81 bits per heavy atom. The zero-order chi connectivity index (χ0) is 12.1. The molecule has 0 N–H and O–H groups in total. The minimum absolute atomic E-state index is 0.00542. The average molecular weight is 286 g/mol. The van der Waals surface area contributed by atoms with E-state index in [1.165, 1.54) is 0 Å². The molecular weight excluding hydrogens is 270 g/mol. The minimum Gasteiger partial charge on any atom is -0.383 e. The molecule has 3 nitrogen and oxygen atoms in total. The molecule has 4 heteroatoms. The van der Waals surface area contributed by atoms with Crippen molar-refractivity contribution in [1.29, 1.82) is 0 Å². The predicted octanol–water partition coefficient (Wildman–Crippen LogP) is 2.56. The third kappa shape index (κ3) is 3.32. The van der Waals surface area contributed by atoms with Crippen LogP contribution < -0.4 is 0 Å². The van der Waals surface area contributed by atoms with E-state index in [1.807, 2.05) is 31.2 Å². The highest BCUT2D eigenvalue weighted by Crippen LogP contribution is 2.14. The van der Waals surface area contributed by atoms with Crippen LogP contribution in [0.1, 0.15) is 17.3 Å². The first-order valence-corrected chi connectivity index (χ1v) is 5.87. The molecule has 0 heterocycles. The Bertz CT molecular complexity index is 368. The summed E-state index contributed by atoms with van der Waals surface area (Å²) in [6.45, 7) is 2.50. The van der Waals surface area contributed by atoms with Crippen LogP contribution in [0.5, 0.6) is 0 Å². The first-order valence-electron chi connectivity index (χ1n) is 5.08. The van der Waals surface area contributed by atoms with E-state index in [4.69, 9.17) is 4.74 Å². The maximum atomic E-state index is 12.1. The van der Waals surface area contributed by atoms with E-state index in [1.54, 1.807) is 19.1 Å². The van der Waals surface area contributed by atoms with E-state index < -0.39 is 0 Å². The van der Waals surface area contributed by atoms with E-state index in [0.717, 1.165) is 4.47 Å². The maximum Gasteiger partial charge on any atom is 0.253 e. The molecule has 0 saturated heterocycles. The van der Waals surface area contributed by atoms with Gasteiger partial charge in [-0.25, -0.2) is 0 Å². The second-order valence-electron chi connectivity index (χ2n) is 3.73. The van der Waals surface area contributed by atoms with Gasteiger partial charge in [0.05, 0.1) is 12.6 Å². The van der Waals surface area contributed by atoms with E-state index in [-0.39, 0.29) is 11.9 Å². The number of rotatable bonds is 4. The molecule has 1 unspecified atom stereocenters. The zero-order valence-electron chi connectivity index (χ0n) is 9.74. The van der Waals surface area contributed by atoms with Crippen molar-refractivity contribution in [1.82, 2.24) is 4.90 Å². The van der Waals surface area contributed by atoms with Gasteiger partial charge in [-0.2, -0.15) is 0 Å². The van der Waals surface area contributed by atoms with Crippen molar-refractivity contribution in [3.8, 4) is 0 Å². The summed E-state index contributed by atoms with van der Waals surface area (Å²) < 4.78 is 5.94. The Labute approximate surface area is 105 Å². The van der Waals surface area contributed by atoms with Crippen LogP contribution in [0.2, 0.25) is 0 Å². The number of halogens is 1. The summed E-state index contributed by atoms with van der Waals surface area (Å²) in [4.78, 5) is 13.7. The number of amides is 1. The average Bonchev–Trinajstić information content (AvgIpc) is 2.27. The molecule has 1 amide bonds. The Hall–Kier alpha value is -0.870. The van der Waals surface area contributed by atoms with Crippen molar-refractivity contribution in [2.45, 2.75) is 13.0 Å². The van der Waals surface area contributed by atoms with Gasteiger partial charge in [-0.1, -0.05) is 22.0 Å². The van der Waals surface area contributed by atoms with Gasteiger partial charge in [0.15, 0.2) is 0 Å². The van der Waals surface area contributed by atoms with E-state index in [2.05, 4.69) is 15.9 Å². The lowest BCUT2D eigenvalue weighted by Gasteiger charge is -2.24. The summed E-state index contributed by atoms with van der Waals surface area (Å²) >= 11 is 3.35. The van der Waals surface area contributed by atoms with Gasteiger partial charge in [-0.3, -0.25) is 4.79 Å². The SMILES string of the molecule is COCC(C)N(C)C(=O)c1cccc(Br)c1. The summed E-state index contributed by atoms with van der Waals surface area (Å²) in [6.07, 6.45) is 0. The number of benzene rings is 1. The van der Waals surface area contributed by atoms with Crippen LogP contribution in [-0.4, -0.2) is 37.6 Å². The Kier molecular flexibility index (Phi) is 4.96. The fraction of sp³-hybridized carbons (Fsp3) is 0.417. The van der Waals surface area contributed by atoms with Crippen molar-refractivity contribution in [2.75, 3.05) is 20.8 Å². The molecule has 88 valence electrons. The Morgan fingerprint density at radius 1 is 1.56 bits per heavy atom. The third-order valence-corrected chi connectivity index (χ3v) is 2.95. The number of likely N-dealkylation sites (N-methyl/N-ethyl adjacent to an activating group) is 1. The van der Waals surface area contributed by atoms with Gasteiger partial charge in [0.2, 0.25) is 0 Å². The van der Waals surface area contributed by atoms with Crippen LogP contribution in [-0.2, 0) is 4.74 Å². The van der Waals surface area contributed by atoms with Gasteiger partial charge in [-0.05, 0) is 25.1 Å². The zero-order valence-corrected chi connectivity index (χ0v) is 11.3. The van der Waals surface area contributed by atoms with Crippen LogP contribution in [0.3, 0.4) is 0 Å². The molecule has 0 fully saturated rings. The molecule has 16 heavy (non-hydrogen) atoms. The first-order chi connectivity index (χ1) is 7.56. The van der Waals surface area contributed by atoms with Crippen LogP contribution in [0, 0.1) is 0 Å². The lowest BCUT2D eigenvalue weighted by molar-refractivity contribution is 0.0633. The summed E-state index contributed by atoms with van der Waals surface area (Å²) in [6, 6.07) is 7.44. The minimum atomic E-state index is 0.00542. The summed E-state index contributed by atoms with van der Waals surface area (Å²) in [7, 11) is 3.42. The van der Waals surface area contributed by atoms with E-state index in [0.29, 0.717) is 12.2 Å². The third-order valence-electron chi connectivity index (χ3n) is 2.46. The molecule has 0 aromatic heterocycles. The number of nitrogens with zero attached hydrogens (tertiary/aromatic N) is 1. The van der Waals surface area contributed by atoms with Gasteiger partial charge in [0.1, 0.15) is 0 Å². The highest BCUT2D eigenvalue weighted by molar-refractivity contribution is 9.10. The van der Waals surface area contributed by atoms with Crippen LogP contribution in [0.4, 0.5) is 0 Å². The van der Waals surface area contributed by atoms with Gasteiger partial charge in [0.25, 0.3) is 5.91 Å². The molecule has 0 aliphatic heterocycles. The smallest absolute Gasteiger partial charge is 0.253 e. The van der Waals surface area contributed by atoms with Crippen molar-refractivity contribution in [2.24, 2.45) is 0 Å². The Balaban J connectivity index is 2.77. The number of methoxy groups -OCH3 is 1. The number of carbonyl (C=O) groups is 1. The molecule has 0 aliphatic rings. The molecule has 1 rings (SSSR count). The highest BCUT2D eigenvalue weighted by atomic mass is 79.9. The van der Waals surface area contributed by atoms with E-state index >= 15 is 0 Å². The summed E-state index contributed by atoms with van der Waals surface area (Å²) in [5, 5.41) is 0. The monoisotopic (exact) mass is 285 g/mol. The van der Waals surface area contributed by atoms with Gasteiger partial charge >= 0.3 is 0 Å². The summed E-state index contributed by atoms with van der Waals surface area (Å²) in [5.41, 5.74) is 0.680. The number of hydrogen-bond donors (Lipinski definition) is 0. The lowest BCUT2D eigenvalue weighted by Crippen LogP contribution is -2.37. The number of carbonyl (C=O) groups excluding carboxylic acids is 1. The first kappa shape index (κ1) is 13.2. The topological polar surface area (TPSA) is 29.5 Å². The highest BCUT2D eigenvalue weighted by Gasteiger charge is 2.17. The molecule has 0 spiro atoms. The fourth-order valence-electron chi connectivity index (χ4n) is 1.38. The molecular formula is C12H16BrNO2. The fourth-order valence-corrected chi connectivity index (χ4v) is 1.78. The second kappa shape index (κ2) is 6.01. The molecule has 1 aromatic carbocycles. The molecule has 0 saturated carbocycles. The molecule has 0 aliphatic carbocycles. The standard InChI is InChI=1S/C12H16BrNO2/c1-9(8-16-3)14(2)12(15)10-5-4-6-11(13)7-10/h4-7,9H,8H2,1-3H3. The molecule has 1 atom stereocenters. The van der Waals surface area contributed by atoms with Gasteiger partial charge < -0.3 is 9.64 Å². The van der Waals surface area contributed by atoms with Crippen molar-refractivity contribution in [3.63, 3.8) is 0 Å². The second-order valence-corrected chi connectivity index (χ2v) is 4.65. The largest absolute Gasteiger partial charge is 0.383 e. The van der Waals surface area contributed by atoms with Crippen molar-refractivity contribution >= 4 is 21.8 Å². The molecule has 0 bridgehead atoms. The number of ether oxygens (including phenoxy) is 1. The number of hydrogen-bond acceptors (Lipinski definition) is 2. The van der Waals surface area contributed by atoms with Gasteiger partial charge in [-0.15, -0.1) is 0 Å². The molecule has 0 radical (unpaired) electrons. The quantitative estimate of drug-likeness (QED) is 0.851. The molecule has 1 aromatic rings. The van der Waals surface area contributed by atoms with Gasteiger partial charge in [0, 0.05) is 24.2 Å². The Morgan fingerprint density at radius 2 is 2.25 bits per heavy atom. The predicted molar refractivity (Wildman–Crippen MR) is 67.6 cm³/mol. The summed E-state index contributed by atoms with van der Waals surface area (Å²) in [5.74, 6) is 0.00542. The maximum absolute atomic E-state index is 12.1. The lowest BCUT2D eigenvalue weighted by atomic mass is 10.2. The van der Waals surface area contributed by atoms with Crippen molar-refractivity contribution in [3.05, 3.63) is 34.3 Å². The van der Waals surface area contributed by atoms with Crippen LogP contribution in [0.15, 0.2) is 28.7 Å². The van der Waals surface area contributed by atoms with Crippen LogP contribution >= 0.6 is 15.9 Å². The van der Waals surface area contributed by atoms with Crippen molar-refractivity contribution < 1.29 is 9.53 Å². The van der Waals surface area contributed by atoms with Crippen LogP contribution in [0.25, 0.3) is 0 Å². The van der Waals surface area contributed by atoms with E-state index in [9.17, 15) is 4.79 Å². The normalized spacial score (nSPS) is 12.2.